The molecule has 114 valence electrons. The Morgan fingerprint density at radius 3 is 2.48 bits per heavy atom. The lowest BCUT2D eigenvalue weighted by Crippen LogP contribution is -2.41. The average Bonchev–Trinajstić information content (AvgIpc) is 2.53. The van der Waals surface area contributed by atoms with E-state index in [4.69, 9.17) is 4.74 Å². The van der Waals surface area contributed by atoms with Crippen LogP contribution in [0.15, 0.2) is 29.4 Å². The minimum atomic E-state index is -0.227. The van der Waals surface area contributed by atoms with Crippen molar-refractivity contribution in [3.63, 3.8) is 0 Å². The molecule has 1 aromatic carbocycles. The number of nitrogens with one attached hydrogen (secondary N) is 2. The minimum absolute atomic E-state index is 0.227. The molecule has 0 spiro atoms. The zero-order valence-electron chi connectivity index (χ0n) is 12.7. The summed E-state index contributed by atoms with van der Waals surface area (Å²) in [4.78, 5) is 11.8. The lowest BCUT2D eigenvalue weighted by Gasteiger charge is -2.22. The fourth-order valence-electron chi connectivity index (χ4n) is 2.50. The van der Waals surface area contributed by atoms with Gasteiger partial charge in [0, 0.05) is 6.04 Å². The molecule has 5 nitrogen and oxygen atoms in total. The molecule has 0 saturated heterocycles. The number of hydrogen-bond donors (Lipinski definition) is 2. The van der Waals surface area contributed by atoms with Gasteiger partial charge in [-0.3, -0.25) is 0 Å². The Bertz CT molecular complexity index is 491. The smallest absolute Gasteiger partial charge is 0.335 e. The normalized spacial score (nSPS) is 16.4. The van der Waals surface area contributed by atoms with Crippen LogP contribution in [0, 0.1) is 0 Å². The van der Waals surface area contributed by atoms with Crippen LogP contribution >= 0.6 is 0 Å². The van der Waals surface area contributed by atoms with Crippen molar-refractivity contribution in [1.29, 1.82) is 0 Å². The zero-order chi connectivity index (χ0) is 15.1. The van der Waals surface area contributed by atoms with Crippen LogP contribution in [0.1, 0.15) is 44.6 Å². The highest BCUT2D eigenvalue weighted by atomic mass is 16.5. The fourth-order valence-corrected chi connectivity index (χ4v) is 2.50. The summed E-state index contributed by atoms with van der Waals surface area (Å²) in [7, 11) is 1.63. The van der Waals surface area contributed by atoms with E-state index in [1.54, 1.807) is 7.11 Å². The van der Waals surface area contributed by atoms with Crippen molar-refractivity contribution in [3.05, 3.63) is 29.8 Å². The first-order chi connectivity index (χ1) is 10.2. The van der Waals surface area contributed by atoms with Crippen molar-refractivity contribution < 1.29 is 9.53 Å². The Kier molecular flexibility index (Phi) is 5.60. The van der Waals surface area contributed by atoms with Crippen LogP contribution in [0.5, 0.6) is 5.75 Å². The van der Waals surface area contributed by atoms with Gasteiger partial charge in [0.2, 0.25) is 0 Å². The summed E-state index contributed by atoms with van der Waals surface area (Å²) < 4.78 is 5.11. The van der Waals surface area contributed by atoms with Gasteiger partial charge in [0.25, 0.3) is 0 Å². The first-order valence-corrected chi connectivity index (χ1v) is 7.44. The number of urea groups is 1. The third-order valence-electron chi connectivity index (χ3n) is 3.77. The van der Waals surface area contributed by atoms with Crippen molar-refractivity contribution >= 4 is 11.7 Å². The van der Waals surface area contributed by atoms with Crippen molar-refractivity contribution in [3.8, 4) is 5.75 Å². The average molecular weight is 289 g/mol. The molecule has 2 N–H and O–H groups in total. The van der Waals surface area contributed by atoms with E-state index in [9.17, 15) is 4.79 Å². The molecule has 1 aromatic rings. The SMILES string of the molecule is COc1ccc(/C(C)=N\NC(=O)NC2CCCCC2)cc1. The van der Waals surface area contributed by atoms with E-state index in [-0.39, 0.29) is 12.1 Å². The molecule has 0 aliphatic heterocycles. The fraction of sp³-hybridized carbons (Fsp3) is 0.500. The molecule has 0 radical (unpaired) electrons. The highest BCUT2D eigenvalue weighted by Crippen LogP contribution is 2.17. The Morgan fingerprint density at radius 2 is 1.86 bits per heavy atom. The quantitative estimate of drug-likeness (QED) is 0.661. The lowest BCUT2D eigenvalue weighted by atomic mass is 9.96. The number of methoxy groups -OCH3 is 1. The van der Waals surface area contributed by atoms with Gasteiger partial charge in [-0.1, -0.05) is 19.3 Å². The highest BCUT2D eigenvalue weighted by Gasteiger charge is 2.15. The third-order valence-corrected chi connectivity index (χ3v) is 3.77. The summed E-state index contributed by atoms with van der Waals surface area (Å²) in [6.07, 6.45) is 5.79. The van der Waals surface area contributed by atoms with Gasteiger partial charge >= 0.3 is 6.03 Å². The summed E-state index contributed by atoms with van der Waals surface area (Å²) in [5.74, 6) is 0.801. The number of hydrogen-bond acceptors (Lipinski definition) is 3. The molecule has 0 unspecified atom stereocenters. The molecule has 1 aliphatic carbocycles. The first-order valence-electron chi connectivity index (χ1n) is 7.44. The van der Waals surface area contributed by atoms with Crippen LogP contribution in [0.25, 0.3) is 0 Å². The van der Waals surface area contributed by atoms with Gasteiger partial charge < -0.3 is 10.1 Å². The molecule has 1 saturated carbocycles. The number of amides is 2. The molecule has 2 amide bonds. The van der Waals surface area contributed by atoms with Crippen LogP contribution in [-0.4, -0.2) is 24.9 Å². The predicted molar refractivity (Wildman–Crippen MR) is 83.7 cm³/mol. The van der Waals surface area contributed by atoms with E-state index in [1.165, 1.54) is 19.3 Å². The molecule has 5 heteroatoms. The van der Waals surface area contributed by atoms with E-state index in [0.717, 1.165) is 29.9 Å². The first kappa shape index (κ1) is 15.4. The summed E-state index contributed by atoms with van der Waals surface area (Å²) in [6.45, 7) is 1.86. The Labute approximate surface area is 125 Å². The maximum atomic E-state index is 11.8. The molecular weight excluding hydrogens is 266 g/mol. The zero-order valence-corrected chi connectivity index (χ0v) is 12.7. The topological polar surface area (TPSA) is 62.7 Å². The van der Waals surface area contributed by atoms with Gasteiger partial charge in [-0.2, -0.15) is 5.10 Å². The van der Waals surface area contributed by atoms with E-state index in [1.807, 2.05) is 31.2 Å². The molecule has 0 bridgehead atoms. The third kappa shape index (κ3) is 4.77. The summed E-state index contributed by atoms with van der Waals surface area (Å²) >= 11 is 0. The second-order valence-electron chi connectivity index (χ2n) is 5.35. The van der Waals surface area contributed by atoms with E-state index in [0.29, 0.717) is 0 Å². The highest BCUT2D eigenvalue weighted by molar-refractivity contribution is 5.99. The number of carbonyl (C=O) groups is 1. The Morgan fingerprint density at radius 1 is 1.19 bits per heavy atom. The number of hydrazone groups is 1. The van der Waals surface area contributed by atoms with Crippen molar-refractivity contribution in [1.82, 2.24) is 10.7 Å². The summed E-state index contributed by atoms with van der Waals surface area (Å²) in [5.41, 5.74) is 4.28. The van der Waals surface area contributed by atoms with Gasteiger partial charge in [-0.15, -0.1) is 0 Å². The Hall–Kier alpha value is -2.04. The standard InChI is InChI=1S/C16H23N3O2/c1-12(13-8-10-15(21-2)11-9-13)18-19-16(20)17-14-6-4-3-5-7-14/h8-11,14H,3-7H2,1-2H3,(H2,17,19,20)/b18-12-. The largest absolute Gasteiger partial charge is 0.497 e. The number of ether oxygens (including phenoxy) is 1. The molecule has 0 aromatic heterocycles. The van der Waals surface area contributed by atoms with Gasteiger partial charge in [-0.05, 0) is 49.6 Å². The van der Waals surface area contributed by atoms with E-state index >= 15 is 0 Å². The summed E-state index contributed by atoms with van der Waals surface area (Å²) in [5, 5.41) is 7.10. The van der Waals surface area contributed by atoms with E-state index < -0.39 is 0 Å². The molecule has 2 rings (SSSR count). The van der Waals surface area contributed by atoms with Crippen molar-refractivity contribution in [2.24, 2.45) is 5.10 Å². The number of carbonyl (C=O) groups excluding carboxylic acids is 1. The monoisotopic (exact) mass is 289 g/mol. The Balaban J connectivity index is 1.85. The van der Waals surface area contributed by atoms with Crippen LogP contribution in [0.2, 0.25) is 0 Å². The van der Waals surface area contributed by atoms with E-state index in [2.05, 4.69) is 15.8 Å². The molecule has 0 atom stereocenters. The van der Waals surface area contributed by atoms with Gasteiger partial charge in [0.15, 0.2) is 0 Å². The van der Waals surface area contributed by atoms with Crippen molar-refractivity contribution in [2.45, 2.75) is 45.1 Å². The molecule has 0 heterocycles. The molecule has 1 aliphatic rings. The van der Waals surface area contributed by atoms with Crippen LogP contribution in [0.4, 0.5) is 4.79 Å². The minimum Gasteiger partial charge on any atom is -0.497 e. The predicted octanol–water partition coefficient (Wildman–Crippen LogP) is 3.05. The van der Waals surface area contributed by atoms with Crippen LogP contribution in [0.3, 0.4) is 0 Å². The second kappa shape index (κ2) is 7.67. The van der Waals surface area contributed by atoms with Gasteiger partial charge in [0.05, 0.1) is 12.8 Å². The maximum Gasteiger partial charge on any atom is 0.335 e. The van der Waals surface area contributed by atoms with Crippen LogP contribution < -0.4 is 15.5 Å². The van der Waals surface area contributed by atoms with Gasteiger partial charge in [-0.25, -0.2) is 10.2 Å². The number of benzene rings is 1. The molecular formula is C16H23N3O2. The van der Waals surface area contributed by atoms with Crippen molar-refractivity contribution in [2.75, 3.05) is 7.11 Å². The molecule has 1 fully saturated rings. The molecule has 21 heavy (non-hydrogen) atoms. The van der Waals surface area contributed by atoms with Gasteiger partial charge in [0.1, 0.15) is 5.75 Å². The van der Waals surface area contributed by atoms with Crippen LogP contribution in [-0.2, 0) is 0 Å². The number of nitrogens with zero attached hydrogens (tertiary/aromatic N) is 1. The lowest BCUT2D eigenvalue weighted by molar-refractivity contribution is 0.233. The summed E-state index contributed by atoms with van der Waals surface area (Å²) in [6, 6.07) is 7.63. The number of rotatable bonds is 4. The maximum absolute atomic E-state index is 11.8. The second-order valence-corrected chi connectivity index (χ2v) is 5.35.